The average molecular weight is 414 g/mol. The third-order valence-corrected chi connectivity index (χ3v) is 5.22. The largest absolute Gasteiger partial charge is 0.465 e. The number of anilines is 4. The fraction of sp³-hybridized carbons (Fsp3) is 0.222. The standard InChI is InChI=1S/C18H18N6O4S/c1-10-11(2)29-18(21-10)22-15-14(24(26)27)16(20-9-19-15)23(3)13-8-6-5-7-12(13)17(25)28-4/h5-9H,1-4H3,(H,19,20,21,22). The Labute approximate surface area is 170 Å². The van der Waals surface area contributed by atoms with Gasteiger partial charge in [0.2, 0.25) is 11.6 Å². The molecule has 0 atom stereocenters. The number of aromatic nitrogens is 3. The van der Waals surface area contributed by atoms with Crippen LogP contribution in [-0.2, 0) is 4.74 Å². The van der Waals surface area contributed by atoms with Crippen molar-refractivity contribution in [1.29, 1.82) is 0 Å². The summed E-state index contributed by atoms with van der Waals surface area (Å²) >= 11 is 1.37. The van der Waals surface area contributed by atoms with Gasteiger partial charge in [0.05, 0.1) is 29.0 Å². The second kappa shape index (κ2) is 8.19. The van der Waals surface area contributed by atoms with E-state index in [2.05, 4.69) is 20.3 Å². The number of ether oxygens (including phenoxy) is 1. The van der Waals surface area contributed by atoms with Crippen LogP contribution < -0.4 is 10.2 Å². The van der Waals surface area contributed by atoms with Gasteiger partial charge in [-0.05, 0) is 26.0 Å². The van der Waals surface area contributed by atoms with Gasteiger partial charge >= 0.3 is 11.7 Å². The number of para-hydroxylation sites is 1. The van der Waals surface area contributed by atoms with E-state index in [9.17, 15) is 14.9 Å². The van der Waals surface area contributed by atoms with Crippen LogP contribution in [-0.4, -0.2) is 40.0 Å². The Balaban J connectivity index is 2.08. The molecule has 0 fully saturated rings. The Bertz CT molecular complexity index is 1060. The van der Waals surface area contributed by atoms with E-state index in [1.165, 1.54) is 29.7 Å². The minimum atomic E-state index is -0.567. The van der Waals surface area contributed by atoms with Crippen LogP contribution in [0.1, 0.15) is 20.9 Å². The van der Waals surface area contributed by atoms with E-state index in [1.54, 1.807) is 31.3 Å². The number of esters is 1. The SMILES string of the molecule is COC(=O)c1ccccc1N(C)c1ncnc(Nc2nc(C)c(C)s2)c1[N+](=O)[O-]. The molecule has 2 aromatic heterocycles. The lowest BCUT2D eigenvalue weighted by atomic mass is 10.1. The molecule has 0 amide bonds. The van der Waals surface area contributed by atoms with Gasteiger partial charge in [0.25, 0.3) is 0 Å². The number of nitro groups is 1. The number of hydrogen-bond donors (Lipinski definition) is 1. The molecule has 3 rings (SSSR count). The molecule has 3 aromatic rings. The summed E-state index contributed by atoms with van der Waals surface area (Å²) in [4.78, 5) is 38.3. The van der Waals surface area contributed by atoms with E-state index in [1.807, 2.05) is 13.8 Å². The summed E-state index contributed by atoms with van der Waals surface area (Å²) in [5.41, 5.74) is 1.16. The third kappa shape index (κ3) is 3.99. The topological polar surface area (TPSA) is 123 Å². The van der Waals surface area contributed by atoms with E-state index in [0.717, 1.165) is 10.6 Å². The fourth-order valence-corrected chi connectivity index (χ4v) is 3.48. The quantitative estimate of drug-likeness (QED) is 0.365. The second-order valence-corrected chi connectivity index (χ2v) is 7.21. The van der Waals surface area contributed by atoms with Crippen LogP contribution in [0.3, 0.4) is 0 Å². The van der Waals surface area contributed by atoms with Gasteiger partial charge < -0.3 is 15.0 Å². The lowest BCUT2D eigenvalue weighted by molar-refractivity contribution is -0.383. The summed E-state index contributed by atoms with van der Waals surface area (Å²) < 4.78 is 4.81. The number of methoxy groups -OCH3 is 1. The first-order valence-corrected chi connectivity index (χ1v) is 9.26. The van der Waals surface area contributed by atoms with Crippen LogP contribution in [0.2, 0.25) is 0 Å². The highest BCUT2D eigenvalue weighted by atomic mass is 32.1. The monoisotopic (exact) mass is 414 g/mol. The smallest absolute Gasteiger partial charge is 0.354 e. The fourth-order valence-electron chi connectivity index (χ4n) is 2.66. The van der Waals surface area contributed by atoms with Crippen molar-refractivity contribution in [3.63, 3.8) is 0 Å². The molecule has 0 spiro atoms. The number of aryl methyl sites for hydroxylation is 2. The summed E-state index contributed by atoms with van der Waals surface area (Å²) in [6.07, 6.45) is 1.22. The highest BCUT2D eigenvalue weighted by Gasteiger charge is 2.28. The van der Waals surface area contributed by atoms with Crippen LogP contribution in [0.4, 0.5) is 28.1 Å². The summed E-state index contributed by atoms with van der Waals surface area (Å²) in [5, 5.41) is 15.3. The Hall–Kier alpha value is -3.60. The van der Waals surface area contributed by atoms with Gasteiger partial charge in [0.15, 0.2) is 5.13 Å². The first-order chi connectivity index (χ1) is 13.8. The van der Waals surface area contributed by atoms with Crippen LogP contribution >= 0.6 is 11.3 Å². The molecule has 10 nitrogen and oxygen atoms in total. The molecule has 1 N–H and O–H groups in total. The minimum absolute atomic E-state index is 0.0103. The number of thiazole rings is 1. The Morgan fingerprint density at radius 2 is 2.00 bits per heavy atom. The number of rotatable bonds is 6. The van der Waals surface area contributed by atoms with Crippen molar-refractivity contribution in [3.05, 3.63) is 56.8 Å². The molecular formula is C18H18N6O4S. The molecule has 29 heavy (non-hydrogen) atoms. The van der Waals surface area contributed by atoms with Gasteiger partial charge in [-0.3, -0.25) is 10.1 Å². The lowest BCUT2D eigenvalue weighted by Gasteiger charge is -2.20. The summed E-state index contributed by atoms with van der Waals surface area (Å²) in [6, 6.07) is 6.62. The predicted octanol–water partition coefficient (Wildman–Crippen LogP) is 3.76. The van der Waals surface area contributed by atoms with E-state index in [-0.39, 0.29) is 22.9 Å². The number of nitrogens with one attached hydrogen (secondary N) is 1. The Morgan fingerprint density at radius 1 is 1.28 bits per heavy atom. The summed E-state index contributed by atoms with van der Waals surface area (Å²) in [5.74, 6) is -0.527. The molecule has 11 heteroatoms. The van der Waals surface area contributed by atoms with Gasteiger partial charge in [0, 0.05) is 11.9 Å². The maximum Gasteiger partial charge on any atom is 0.354 e. The van der Waals surface area contributed by atoms with Crippen LogP contribution in [0.15, 0.2) is 30.6 Å². The molecular weight excluding hydrogens is 396 g/mol. The van der Waals surface area contributed by atoms with Gasteiger partial charge in [0.1, 0.15) is 6.33 Å². The maximum absolute atomic E-state index is 12.1. The van der Waals surface area contributed by atoms with Crippen LogP contribution in [0.5, 0.6) is 0 Å². The predicted molar refractivity (Wildman–Crippen MR) is 109 cm³/mol. The van der Waals surface area contributed by atoms with E-state index >= 15 is 0 Å². The average Bonchev–Trinajstić information content (AvgIpc) is 3.03. The molecule has 0 aliphatic carbocycles. The minimum Gasteiger partial charge on any atom is -0.465 e. The normalized spacial score (nSPS) is 10.5. The first-order valence-electron chi connectivity index (χ1n) is 8.45. The summed E-state index contributed by atoms with van der Waals surface area (Å²) in [7, 11) is 2.85. The van der Waals surface area contributed by atoms with Crippen molar-refractivity contribution < 1.29 is 14.5 Å². The molecule has 0 bridgehead atoms. The number of hydrogen-bond acceptors (Lipinski definition) is 10. The van der Waals surface area contributed by atoms with Crippen molar-refractivity contribution in [2.45, 2.75) is 13.8 Å². The number of carbonyl (C=O) groups is 1. The van der Waals surface area contributed by atoms with Crippen LogP contribution in [0.25, 0.3) is 0 Å². The Morgan fingerprint density at radius 3 is 2.62 bits per heavy atom. The van der Waals surface area contributed by atoms with E-state index < -0.39 is 10.9 Å². The zero-order valence-corrected chi connectivity index (χ0v) is 17.0. The van der Waals surface area contributed by atoms with E-state index in [0.29, 0.717) is 10.8 Å². The third-order valence-electron chi connectivity index (χ3n) is 4.23. The zero-order chi connectivity index (χ0) is 21.1. The van der Waals surface area contributed by atoms with Crippen LogP contribution in [0, 0.1) is 24.0 Å². The van der Waals surface area contributed by atoms with Crippen molar-refractivity contribution >= 4 is 45.4 Å². The van der Waals surface area contributed by atoms with E-state index in [4.69, 9.17) is 4.74 Å². The number of nitrogens with zero attached hydrogens (tertiary/aromatic N) is 5. The van der Waals surface area contributed by atoms with Crippen molar-refractivity contribution in [2.75, 3.05) is 24.4 Å². The zero-order valence-electron chi connectivity index (χ0n) is 16.2. The molecule has 0 saturated carbocycles. The van der Waals surface area contributed by atoms with Crippen molar-refractivity contribution in [3.8, 4) is 0 Å². The highest BCUT2D eigenvalue weighted by molar-refractivity contribution is 7.15. The first kappa shape index (κ1) is 20.1. The van der Waals surface area contributed by atoms with Gasteiger partial charge in [-0.25, -0.2) is 19.7 Å². The van der Waals surface area contributed by atoms with Gasteiger partial charge in [-0.1, -0.05) is 12.1 Å². The molecule has 0 saturated heterocycles. The van der Waals surface area contributed by atoms with Crippen molar-refractivity contribution in [2.24, 2.45) is 0 Å². The molecule has 150 valence electrons. The lowest BCUT2D eigenvalue weighted by Crippen LogP contribution is -2.18. The molecule has 0 aliphatic rings. The maximum atomic E-state index is 12.1. The number of benzene rings is 1. The molecule has 0 aliphatic heterocycles. The highest BCUT2D eigenvalue weighted by Crippen LogP contribution is 2.38. The molecule has 2 heterocycles. The Kier molecular flexibility index (Phi) is 5.69. The van der Waals surface area contributed by atoms with Gasteiger partial charge in [-0.15, -0.1) is 11.3 Å². The molecule has 0 unspecified atom stereocenters. The number of carbonyl (C=O) groups excluding carboxylic acids is 1. The second-order valence-electron chi connectivity index (χ2n) is 6.00. The summed E-state index contributed by atoms with van der Waals surface area (Å²) in [6.45, 7) is 3.77. The van der Waals surface area contributed by atoms with Crippen molar-refractivity contribution in [1.82, 2.24) is 15.0 Å². The van der Waals surface area contributed by atoms with Gasteiger partial charge in [-0.2, -0.15) is 0 Å². The molecule has 0 radical (unpaired) electrons. The molecule has 1 aromatic carbocycles.